The Morgan fingerprint density at radius 1 is 1.50 bits per heavy atom. The Hall–Kier alpha value is -2.15. The molecular weight excluding hydrogens is 252 g/mol. The molecule has 7 heteroatoms. The van der Waals surface area contributed by atoms with Crippen molar-refractivity contribution in [2.75, 3.05) is 0 Å². The summed E-state index contributed by atoms with van der Waals surface area (Å²) in [5, 5.41) is 14.0. The van der Waals surface area contributed by atoms with Crippen molar-refractivity contribution in [2.45, 2.75) is 6.42 Å². The molecule has 0 radical (unpaired) electrons. The lowest BCUT2D eigenvalue weighted by Crippen LogP contribution is -1.99. The van der Waals surface area contributed by atoms with E-state index in [2.05, 4.69) is 10.1 Å². The molecule has 1 N–H and O–H groups in total. The number of carboxylic acid groups (broad SMARTS) is 1. The summed E-state index contributed by atoms with van der Waals surface area (Å²) < 4.78 is 3.58. The van der Waals surface area contributed by atoms with Crippen LogP contribution in [-0.4, -0.2) is 30.2 Å². The van der Waals surface area contributed by atoms with Gasteiger partial charge in [-0.05, 0) is 6.07 Å². The Labute approximate surface area is 106 Å². The number of aliphatic carboxylic acids is 1. The van der Waals surface area contributed by atoms with E-state index in [1.54, 1.807) is 10.7 Å². The molecule has 3 rings (SSSR count). The quantitative estimate of drug-likeness (QED) is 0.775. The Bertz CT molecular complexity index is 693. The van der Waals surface area contributed by atoms with Gasteiger partial charge in [0.2, 0.25) is 4.96 Å². The number of carbonyl (C=O) groups is 1. The molecule has 0 saturated carbocycles. The van der Waals surface area contributed by atoms with Crippen molar-refractivity contribution in [3.8, 4) is 10.6 Å². The second-order valence-electron chi connectivity index (χ2n) is 4.00. The number of aryl methyl sites for hydroxylation is 1. The number of carboxylic acids is 1. The number of imidazole rings is 1. The molecule has 3 heterocycles. The molecule has 0 bridgehead atoms. The normalized spacial score (nSPS) is 11.2. The summed E-state index contributed by atoms with van der Waals surface area (Å²) in [5.74, 6) is -0.885. The molecule has 0 atom stereocenters. The number of hydrogen-bond acceptors (Lipinski definition) is 4. The van der Waals surface area contributed by atoms with Crippen molar-refractivity contribution in [1.29, 1.82) is 0 Å². The van der Waals surface area contributed by atoms with Crippen LogP contribution in [0.4, 0.5) is 0 Å². The van der Waals surface area contributed by atoms with E-state index in [0.717, 1.165) is 10.6 Å². The third-order valence-corrected chi connectivity index (χ3v) is 3.48. The molecule has 0 aliphatic carbocycles. The largest absolute Gasteiger partial charge is 0.481 e. The lowest BCUT2D eigenvalue weighted by atomic mass is 10.3. The van der Waals surface area contributed by atoms with E-state index >= 15 is 0 Å². The van der Waals surface area contributed by atoms with E-state index in [9.17, 15) is 4.79 Å². The molecule has 0 saturated heterocycles. The first kappa shape index (κ1) is 11.0. The van der Waals surface area contributed by atoms with Crippen molar-refractivity contribution in [1.82, 2.24) is 19.2 Å². The summed E-state index contributed by atoms with van der Waals surface area (Å²) in [6.45, 7) is 0. The van der Waals surface area contributed by atoms with E-state index < -0.39 is 5.97 Å². The summed E-state index contributed by atoms with van der Waals surface area (Å²) in [7, 11) is 1.95. The average Bonchev–Trinajstić information content (AvgIpc) is 2.90. The van der Waals surface area contributed by atoms with Crippen molar-refractivity contribution < 1.29 is 9.90 Å². The molecule has 0 aliphatic heterocycles. The van der Waals surface area contributed by atoms with E-state index in [0.29, 0.717) is 10.7 Å². The molecule has 0 fully saturated rings. The van der Waals surface area contributed by atoms with Crippen LogP contribution >= 0.6 is 11.3 Å². The summed E-state index contributed by atoms with van der Waals surface area (Å²) in [6.07, 6.45) is 5.52. The minimum Gasteiger partial charge on any atom is -0.481 e. The zero-order valence-corrected chi connectivity index (χ0v) is 10.4. The van der Waals surface area contributed by atoms with Gasteiger partial charge in [0, 0.05) is 25.0 Å². The summed E-state index contributed by atoms with van der Waals surface area (Å²) in [4.78, 5) is 15.5. The van der Waals surface area contributed by atoms with Gasteiger partial charge in [-0.3, -0.25) is 4.79 Å². The summed E-state index contributed by atoms with van der Waals surface area (Å²) in [5.41, 5.74) is 1.56. The zero-order chi connectivity index (χ0) is 12.7. The van der Waals surface area contributed by atoms with Crippen molar-refractivity contribution in [3.63, 3.8) is 0 Å². The third-order valence-electron chi connectivity index (χ3n) is 2.50. The SMILES string of the molecule is Cn1ccc(-c2nn3cc(CC(=O)O)nc3s2)c1. The minimum atomic E-state index is -0.885. The van der Waals surface area contributed by atoms with Crippen LogP contribution in [0.1, 0.15) is 5.69 Å². The third kappa shape index (κ3) is 1.88. The zero-order valence-electron chi connectivity index (χ0n) is 9.57. The lowest BCUT2D eigenvalue weighted by molar-refractivity contribution is -0.136. The summed E-state index contributed by atoms with van der Waals surface area (Å²) in [6, 6.07) is 1.98. The monoisotopic (exact) mass is 262 g/mol. The highest BCUT2D eigenvalue weighted by atomic mass is 32.1. The van der Waals surface area contributed by atoms with E-state index in [1.807, 2.05) is 30.1 Å². The highest BCUT2D eigenvalue weighted by Crippen LogP contribution is 2.25. The first-order chi connectivity index (χ1) is 8.61. The van der Waals surface area contributed by atoms with Gasteiger partial charge in [0.1, 0.15) is 5.01 Å². The number of aromatic nitrogens is 4. The Kier molecular flexibility index (Phi) is 2.41. The Morgan fingerprint density at radius 3 is 2.94 bits per heavy atom. The number of hydrogen-bond donors (Lipinski definition) is 1. The van der Waals surface area contributed by atoms with Crippen LogP contribution < -0.4 is 0 Å². The average molecular weight is 262 g/mol. The molecule has 0 spiro atoms. The topological polar surface area (TPSA) is 72.4 Å². The minimum absolute atomic E-state index is 0.0727. The molecule has 0 aromatic carbocycles. The van der Waals surface area contributed by atoms with Crippen molar-refractivity contribution in [2.24, 2.45) is 7.05 Å². The fourth-order valence-corrected chi connectivity index (χ4v) is 2.62. The van der Waals surface area contributed by atoms with Gasteiger partial charge in [-0.15, -0.1) is 0 Å². The maximum Gasteiger partial charge on any atom is 0.309 e. The van der Waals surface area contributed by atoms with E-state index in [1.165, 1.54) is 11.3 Å². The standard InChI is InChI=1S/C11H10N4O2S/c1-14-3-2-7(5-14)10-13-15-6-8(4-9(16)17)12-11(15)18-10/h2-3,5-6H,4H2,1H3,(H,16,17). The highest BCUT2D eigenvalue weighted by Gasteiger charge is 2.12. The Morgan fingerprint density at radius 2 is 2.33 bits per heavy atom. The van der Waals surface area contributed by atoms with Crippen LogP contribution in [0, 0.1) is 0 Å². The van der Waals surface area contributed by atoms with Crippen LogP contribution in [-0.2, 0) is 18.3 Å². The molecule has 3 aromatic rings. The molecular formula is C11H10N4O2S. The molecule has 0 amide bonds. The Balaban J connectivity index is 1.98. The van der Waals surface area contributed by atoms with Crippen LogP contribution in [0.3, 0.4) is 0 Å². The number of fused-ring (bicyclic) bond motifs is 1. The number of nitrogens with zero attached hydrogens (tertiary/aromatic N) is 4. The second kappa shape index (κ2) is 3.95. The van der Waals surface area contributed by atoms with Gasteiger partial charge < -0.3 is 9.67 Å². The first-order valence-electron chi connectivity index (χ1n) is 5.31. The fraction of sp³-hybridized carbons (Fsp3) is 0.182. The second-order valence-corrected chi connectivity index (χ2v) is 4.96. The van der Waals surface area contributed by atoms with Crippen molar-refractivity contribution in [3.05, 3.63) is 30.4 Å². The van der Waals surface area contributed by atoms with Gasteiger partial charge in [0.15, 0.2) is 0 Å². The molecule has 0 aliphatic rings. The van der Waals surface area contributed by atoms with Crippen LogP contribution in [0.2, 0.25) is 0 Å². The van der Waals surface area contributed by atoms with Gasteiger partial charge in [-0.25, -0.2) is 9.50 Å². The van der Waals surface area contributed by atoms with Gasteiger partial charge in [-0.1, -0.05) is 11.3 Å². The number of rotatable bonds is 3. The predicted octanol–water partition coefficient (Wildman–Crippen LogP) is 1.42. The molecule has 6 nitrogen and oxygen atoms in total. The molecule has 18 heavy (non-hydrogen) atoms. The van der Waals surface area contributed by atoms with E-state index in [-0.39, 0.29) is 6.42 Å². The first-order valence-corrected chi connectivity index (χ1v) is 6.13. The van der Waals surface area contributed by atoms with Gasteiger partial charge in [0.05, 0.1) is 18.3 Å². The van der Waals surface area contributed by atoms with E-state index in [4.69, 9.17) is 5.11 Å². The predicted molar refractivity (Wildman–Crippen MR) is 66.6 cm³/mol. The maximum absolute atomic E-state index is 10.6. The highest BCUT2D eigenvalue weighted by molar-refractivity contribution is 7.19. The lowest BCUT2D eigenvalue weighted by Gasteiger charge is -1.88. The van der Waals surface area contributed by atoms with Crippen LogP contribution in [0.25, 0.3) is 15.5 Å². The molecule has 3 aromatic heterocycles. The smallest absolute Gasteiger partial charge is 0.309 e. The van der Waals surface area contributed by atoms with Crippen molar-refractivity contribution >= 4 is 22.3 Å². The molecule has 92 valence electrons. The van der Waals surface area contributed by atoms with Crippen LogP contribution in [0.15, 0.2) is 24.7 Å². The van der Waals surface area contributed by atoms with Gasteiger partial charge in [-0.2, -0.15) is 5.10 Å². The maximum atomic E-state index is 10.6. The van der Waals surface area contributed by atoms with Crippen LogP contribution in [0.5, 0.6) is 0 Å². The molecule has 0 unspecified atom stereocenters. The fourth-order valence-electron chi connectivity index (χ4n) is 1.73. The summed E-state index contributed by atoms with van der Waals surface area (Å²) >= 11 is 1.45. The van der Waals surface area contributed by atoms with Gasteiger partial charge in [0.25, 0.3) is 0 Å². The van der Waals surface area contributed by atoms with Gasteiger partial charge >= 0.3 is 5.97 Å².